The van der Waals surface area contributed by atoms with E-state index in [1.807, 2.05) is 6.07 Å². The quantitative estimate of drug-likeness (QED) is 0.676. The van der Waals surface area contributed by atoms with E-state index in [0.717, 1.165) is 13.5 Å². The fourth-order valence-electron chi connectivity index (χ4n) is 0.968. The van der Waals surface area contributed by atoms with Gasteiger partial charge in [0.05, 0.1) is 15.5 Å². The zero-order valence-electron chi connectivity index (χ0n) is 7.59. The molecular formula is C9H7IN4S. The highest BCUT2D eigenvalue weighted by Gasteiger charge is 2.05. The topological polar surface area (TPSA) is 64.7 Å². The summed E-state index contributed by atoms with van der Waals surface area (Å²) in [4.78, 5) is 13.0. The van der Waals surface area contributed by atoms with Crippen LogP contribution in [-0.4, -0.2) is 15.0 Å². The molecule has 2 N–H and O–H groups in total. The minimum Gasteiger partial charge on any atom is -0.397 e. The van der Waals surface area contributed by atoms with Gasteiger partial charge < -0.3 is 5.73 Å². The van der Waals surface area contributed by atoms with Gasteiger partial charge in [0.2, 0.25) is 0 Å². The molecule has 2 aromatic heterocycles. The van der Waals surface area contributed by atoms with Gasteiger partial charge in [-0.25, -0.2) is 9.97 Å². The first-order valence-electron chi connectivity index (χ1n) is 4.10. The van der Waals surface area contributed by atoms with Gasteiger partial charge in [-0.2, -0.15) is 0 Å². The van der Waals surface area contributed by atoms with Gasteiger partial charge >= 0.3 is 0 Å². The summed E-state index contributed by atoms with van der Waals surface area (Å²) in [5.41, 5.74) is 6.45. The predicted molar refractivity (Wildman–Crippen MR) is 67.5 cm³/mol. The Bertz CT molecular complexity index is 434. The van der Waals surface area contributed by atoms with Gasteiger partial charge in [0, 0.05) is 17.3 Å². The van der Waals surface area contributed by atoms with E-state index in [-0.39, 0.29) is 0 Å². The van der Waals surface area contributed by atoms with Crippen molar-refractivity contribution in [2.75, 3.05) is 5.73 Å². The highest BCUT2D eigenvalue weighted by Crippen LogP contribution is 2.31. The van der Waals surface area contributed by atoms with Crippen LogP contribution in [0.25, 0.3) is 0 Å². The first-order valence-corrected chi connectivity index (χ1v) is 6.00. The predicted octanol–water partition coefficient (Wildman–Crippen LogP) is 2.21. The highest BCUT2D eigenvalue weighted by molar-refractivity contribution is 14.1. The number of anilines is 1. The van der Waals surface area contributed by atoms with Gasteiger partial charge in [-0.3, -0.25) is 4.98 Å². The normalized spacial score (nSPS) is 10.2. The Hall–Kier alpha value is -0.890. The second-order valence-corrected chi connectivity index (χ2v) is 4.88. The van der Waals surface area contributed by atoms with Crippen molar-refractivity contribution in [2.45, 2.75) is 9.92 Å². The van der Waals surface area contributed by atoms with Crippen LogP contribution in [0, 0.1) is 3.57 Å². The van der Waals surface area contributed by atoms with Gasteiger partial charge in [-0.1, -0.05) is 11.8 Å². The molecule has 0 atom stereocenters. The van der Waals surface area contributed by atoms with E-state index in [2.05, 4.69) is 37.5 Å². The molecule has 0 saturated heterocycles. The SMILES string of the molecule is Nc1cnccc1Sc1ncncc1I. The number of hydrogen-bond acceptors (Lipinski definition) is 5. The number of hydrogen-bond donors (Lipinski definition) is 1. The smallest absolute Gasteiger partial charge is 0.118 e. The van der Waals surface area contributed by atoms with Crippen molar-refractivity contribution in [3.63, 3.8) is 0 Å². The third-order valence-electron chi connectivity index (χ3n) is 1.65. The van der Waals surface area contributed by atoms with Gasteiger partial charge in [-0.15, -0.1) is 0 Å². The molecule has 0 fully saturated rings. The molecule has 0 saturated carbocycles. The summed E-state index contributed by atoms with van der Waals surface area (Å²) >= 11 is 3.71. The lowest BCUT2D eigenvalue weighted by atomic mass is 10.4. The third-order valence-corrected chi connectivity index (χ3v) is 3.92. The Morgan fingerprint density at radius 2 is 2.13 bits per heavy atom. The van der Waals surface area contributed by atoms with Crippen LogP contribution in [0.2, 0.25) is 0 Å². The van der Waals surface area contributed by atoms with Gasteiger partial charge in [0.1, 0.15) is 11.4 Å². The molecule has 15 heavy (non-hydrogen) atoms. The number of nitrogens with zero attached hydrogens (tertiary/aromatic N) is 3. The van der Waals surface area contributed by atoms with Crippen LogP contribution < -0.4 is 5.73 Å². The fraction of sp³-hybridized carbons (Fsp3) is 0. The van der Waals surface area contributed by atoms with Crippen molar-refractivity contribution in [3.05, 3.63) is 34.6 Å². The summed E-state index contributed by atoms with van der Waals surface area (Å²) in [7, 11) is 0. The van der Waals surface area contributed by atoms with E-state index in [0.29, 0.717) is 5.69 Å². The second-order valence-electron chi connectivity index (χ2n) is 2.69. The molecule has 0 spiro atoms. The first kappa shape index (κ1) is 10.6. The Morgan fingerprint density at radius 1 is 1.27 bits per heavy atom. The summed E-state index contributed by atoms with van der Waals surface area (Å²) in [5, 5.41) is 0.906. The molecule has 2 aromatic rings. The van der Waals surface area contributed by atoms with Gasteiger partial charge in [0.25, 0.3) is 0 Å². The zero-order chi connectivity index (χ0) is 10.7. The Kier molecular flexibility index (Phi) is 3.37. The Labute approximate surface area is 105 Å². The maximum atomic E-state index is 5.79. The molecule has 0 aliphatic rings. The molecule has 0 bridgehead atoms. The van der Waals surface area contributed by atoms with Gasteiger partial charge in [-0.05, 0) is 28.7 Å². The van der Waals surface area contributed by atoms with Crippen LogP contribution >= 0.6 is 34.4 Å². The molecule has 0 aliphatic heterocycles. The maximum Gasteiger partial charge on any atom is 0.118 e. The third kappa shape index (κ3) is 2.57. The van der Waals surface area contributed by atoms with Crippen LogP contribution in [0.3, 0.4) is 0 Å². The molecular weight excluding hydrogens is 323 g/mol. The summed E-state index contributed by atoms with van der Waals surface area (Å²) in [6.45, 7) is 0. The maximum absolute atomic E-state index is 5.79. The first-order chi connectivity index (χ1) is 7.27. The Morgan fingerprint density at radius 3 is 2.87 bits per heavy atom. The lowest BCUT2D eigenvalue weighted by Crippen LogP contribution is -1.91. The number of rotatable bonds is 2. The summed E-state index contributed by atoms with van der Waals surface area (Å²) in [5.74, 6) is 0. The monoisotopic (exact) mass is 330 g/mol. The van der Waals surface area contributed by atoms with Crippen LogP contribution in [0.4, 0.5) is 5.69 Å². The van der Waals surface area contributed by atoms with Crippen molar-refractivity contribution in [1.29, 1.82) is 0 Å². The van der Waals surface area contributed by atoms with Gasteiger partial charge in [0.15, 0.2) is 0 Å². The van der Waals surface area contributed by atoms with E-state index in [1.54, 1.807) is 18.6 Å². The van der Waals surface area contributed by atoms with Crippen molar-refractivity contribution in [2.24, 2.45) is 0 Å². The molecule has 4 nitrogen and oxygen atoms in total. The standard InChI is InChI=1S/C9H7IN4S/c10-6-3-13-5-14-9(6)15-8-1-2-12-4-7(8)11/h1-5H,11H2. The summed E-state index contributed by atoms with van der Waals surface area (Å²) in [6.07, 6.45) is 6.65. The number of nitrogen functional groups attached to an aromatic ring is 1. The average molecular weight is 330 g/mol. The average Bonchev–Trinajstić information content (AvgIpc) is 2.24. The summed E-state index contributed by atoms with van der Waals surface area (Å²) < 4.78 is 1.01. The van der Waals surface area contributed by atoms with Crippen molar-refractivity contribution >= 4 is 40.0 Å². The van der Waals surface area contributed by atoms with E-state index in [4.69, 9.17) is 5.73 Å². The highest BCUT2D eigenvalue weighted by atomic mass is 127. The van der Waals surface area contributed by atoms with E-state index < -0.39 is 0 Å². The minimum absolute atomic E-state index is 0.664. The van der Waals surface area contributed by atoms with Crippen molar-refractivity contribution in [1.82, 2.24) is 15.0 Å². The molecule has 0 unspecified atom stereocenters. The lowest BCUT2D eigenvalue weighted by Gasteiger charge is -2.04. The Balaban J connectivity index is 2.30. The van der Waals surface area contributed by atoms with Crippen LogP contribution in [0.5, 0.6) is 0 Å². The molecule has 76 valence electrons. The zero-order valence-corrected chi connectivity index (χ0v) is 10.6. The van der Waals surface area contributed by atoms with Crippen molar-refractivity contribution in [3.8, 4) is 0 Å². The van der Waals surface area contributed by atoms with E-state index in [1.165, 1.54) is 18.1 Å². The largest absolute Gasteiger partial charge is 0.397 e. The number of nitrogens with two attached hydrogens (primary N) is 1. The van der Waals surface area contributed by atoms with E-state index >= 15 is 0 Å². The minimum atomic E-state index is 0.664. The summed E-state index contributed by atoms with van der Waals surface area (Å²) in [6, 6.07) is 1.87. The van der Waals surface area contributed by atoms with Crippen LogP contribution in [-0.2, 0) is 0 Å². The second kappa shape index (κ2) is 4.75. The molecule has 2 rings (SSSR count). The lowest BCUT2D eigenvalue weighted by molar-refractivity contribution is 1.02. The molecule has 0 aliphatic carbocycles. The molecule has 2 heterocycles. The fourth-order valence-corrected chi connectivity index (χ4v) is 2.36. The van der Waals surface area contributed by atoms with Crippen LogP contribution in [0.1, 0.15) is 0 Å². The number of halogens is 1. The molecule has 0 radical (unpaired) electrons. The molecule has 6 heteroatoms. The molecule has 0 aromatic carbocycles. The van der Waals surface area contributed by atoms with E-state index in [9.17, 15) is 0 Å². The number of pyridine rings is 1. The van der Waals surface area contributed by atoms with Crippen molar-refractivity contribution < 1.29 is 0 Å². The van der Waals surface area contributed by atoms with Crippen LogP contribution in [0.15, 0.2) is 40.9 Å². The number of aromatic nitrogens is 3. The molecule has 0 amide bonds.